The van der Waals surface area contributed by atoms with Crippen LogP contribution < -0.4 is 11.1 Å². The smallest absolute Gasteiger partial charge is 0.260 e. The summed E-state index contributed by atoms with van der Waals surface area (Å²) in [5, 5.41) is 2.83. The molecule has 5 heteroatoms. The van der Waals surface area contributed by atoms with Crippen LogP contribution in [0.3, 0.4) is 0 Å². The highest BCUT2D eigenvalue weighted by atomic mass is 35.5. The summed E-state index contributed by atoms with van der Waals surface area (Å²) in [7, 11) is 0. The van der Waals surface area contributed by atoms with Crippen molar-refractivity contribution in [3.63, 3.8) is 0 Å². The van der Waals surface area contributed by atoms with Gasteiger partial charge >= 0.3 is 0 Å². The van der Waals surface area contributed by atoms with Crippen LogP contribution in [0.5, 0.6) is 0 Å². The Morgan fingerprint density at radius 3 is 2.85 bits per heavy atom. The molecule has 4 nitrogen and oxygen atoms in total. The lowest BCUT2D eigenvalue weighted by Crippen LogP contribution is -2.11. The molecular weight excluding hydrogens is 276 g/mol. The van der Waals surface area contributed by atoms with Crippen molar-refractivity contribution in [3.05, 3.63) is 52.4 Å². The lowest BCUT2D eigenvalue weighted by molar-refractivity contribution is 0.102. The summed E-state index contributed by atoms with van der Waals surface area (Å²) in [6, 6.07) is 6.97. The second-order valence-electron chi connectivity index (χ2n) is 4.10. The summed E-state index contributed by atoms with van der Waals surface area (Å²) in [5.74, 6) is 5.45. The normalized spacial score (nSPS) is 9.75. The number of hydrogen-bond acceptors (Lipinski definition) is 3. The average molecular weight is 289 g/mol. The molecule has 1 heterocycles. The largest absolute Gasteiger partial charge is 0.452 e. The number of aryl methyl sites for hydroxylation is 1. The lowest BCUT2D eigenvalue weighted by Gasteiger charge is -2.06. The van der Waals surface area contributed by atoms with Gasteiger partial charge in [-0.25, -0.2) is 0 Å². The molecule has 2 rings (SSSR count). The Hall–Kier alpha value is -2.22. The Kier molecular flexibility index (Phi) is 4.46. The zero-order valence-corrected chi connectivity index (χ0v) is 11.6. The SMILES string of the molecule is Cc1cc(NC(=O)c2ccoc2Cl)ccc1C#CCN. The van der Waals surface area contributed by atoms with Gasteiger partial charge in [0.25, 0.3) is 5.91 Å². The Labute approximate surface area is 121 Å². The van der Waals surface area contributed by atoms with E-state index in [4.69, 9.17) is 21.8 Å². The standard InChI is InChI=1S/C15H13ClN2O2/c1-10-9-12(5-4-11(10)3-2-7-17)18-15(19)13-6-8-20-14(13)16/h4-6,8-9H,7,17H2,1H3,(H,18,19). The number of nitrogens with one attached hydrogen (secondary N) is 1. The molecule has 0 aliphatic heterocycles. The molecule has 2 aromatic rings. The van der Waals surface area contributed by atoms with Crippen LogP contribution in [0.1, 0.15) is 21.5 Å². The number of hydrogen-bond donors (Lipinski definition) is 2. The number of carbonyl (C=O) groups is 1. The molecule has 1 amide bonds. The highest BCUT2D eigenvalue weighted by Crippen LogP contribution is 2.20. The van der Waals surface area contributed by atoms with Crippen LogP contribution in [-0.4, -0.2) is 12.5 Å². The minimum atomic E-state index is -0.316. The zero-order valence-electron chi connectivity index (χ0n) is 10.9. The predicted molar refractivity (Wildman–Crippen MR) is 78.8 cm³/mol. The summed E-state index contributed by atoms with van der Waals surface area (Å²) in [6.07, 6.45) is 1.37. The number of halogens is 1. The van der Waals surface area contributed by atoms with Crippen LogP contribution in [0.25, 0.3) is 0 Å². The number of anilines is 1. The highest BCUT2D eigenvalue weighted by Gasteiger charge is 2.13. The first-order valence-electron chi connectivity index (χ1n) is 5.95. The summed E-state index contributed by atoms with van der Waals surface area (Å²) < 4.78 is 4.88. The van der Waals surface area contributed by atoms with Crippen molar-refractivity contribution in [1.29, 1.82) is 0 Å². The maximum Gasteiger partial charge on any atom is 0.260 e. The van der Waals surface area contributed by atoms with Gasteiger partial charge in [0.05, 0.1) is 18.4 Å². The first-order valence-corrected chi connectivity index (χ1v) is 6.33. The fourth-order valence-electron chi connectivity index (χ4n) is 1.68. The maximum atomic E-state index is 12.0. The molecule has 0 radical (unpaired) electrons. The fourth-order valence-corrected chi connectivity index (χ4v) is 1.88. The van der Waals surface area contributed by atoms with Crippen molar-refractivity contribution in [2.24, 2.45) is 5.73 Å². The Morgan fingerprint density at radius 2 is 2.25 bits per heavy atom. The summed E-state index contributed by atoms with van der Waals surface area (Å²) in [6.45, 7) is 2.23. The molecule has 1 aromatic heterocycles. The zero-order chi connectivity index (χ0) is 14.5. The summed E-state index contributed by atoms with van der Waals surface area (Å²) in [5.41, 5.74) is 8.15. The lowest BCUT2D eigenvalue weighted by atomic mass is 10.1. The molecule has 0 saturated heterocycles. The minimum absolute atomic E-state index is 0.0738. The molecule has 20 heavy (non-hydrogen) atoms. The third kappa shape index (κ3) is 3.21. The van der Waals surface area contributed by atoms with E-state index in [9.17, 15) is 4.79 Å². The topological polar surface area (TPSA) is 68.3 Å². The van der Waals surface area contributed by atoms with Crippen molar-refractivity contribution < 1.29 is 9.21 Å². The van der Waals surface area contributed by atoms with Crippen LogP contribution in [0.4, 0.5) is 5.69 Å². The van der Waals surface area contributed by atoms with Crippen LogP contribution >= 0.6 is 11.6 Å². The van der Waals surface area contributed by atoms with E-state index in [-0.39, 0.29) is 11.1 Å². The number of rotatable bonds is 2. The van der Waals surface area contributed by atoms with Gasteiger partial charge in [0.15, 0.2) is 0 Å². The third-order valence-electron chi connectivity index (χ3n) is 2.67. The van der Waals surface area contributed by atoms with E-state index in [1.165, 1.54) is 12.3 Å². The Balaban J connectivity index is 2.17. The quantitative estimate of drug-likeness (QED) is 0.835. The number of benzene rings is 1. The summed E-state index contributed by atoms with van der Waals surface area (Å²) >= 11 is 5.76. The minimum Gasteiger partial charge on any atom is -0.452 e. The van der Waals surface area contributed by atoms with Crippen molar-refractivity contribution in [3.8, 4) is 11.8 Å². The third-order valence-corrected chi connectivity index (χ3v) is 2.96. The summed E-state index contributed by atoms with van der Waals surface area (Å²) in [4.78, 5) is 12.0. The van der Waals surface area contributed by atoms with Gasteiger partial charge in [0.1, 0.15) is 0 Å². The number of amides is 1. The van der Waals surface area contributed by atoms with Crippen LogP contribution in [-0.2, 0) is 0 Å². The van der Waals surface area contributed by atoms with Crippen LogP contribution in [0.2, 0.25) is 5.22 Å². The monoisotopic (exact) mass is 288 g/mol. The fraction of sp³-hybridized carbons (Fsp3) is 0.133. The molecule has 0 fully saturated rings. The number of nitrogens with two attached hydrogens (primary N) is 1. The van der Waals surface area contributed by atoms with Crippen LogP contribution in [0.15, 0.2) is 34.9 Å². The predicted octanol–water partition coefficient (Wildman–Crippen LogP) is 2.80. The van der Waals surface area contributed by atoms with E-state index >= 15 is 0 Å². The van der Waals surface area contributed by atoms with E-state index < -0.39 is 0 Å². The molecule has 0 unspecified atom stereocenters. The van der Waals surface area contributed by atoms with Gasteiger partial charge in [-0.15, -0.1) is 0 Å². The van der Waals surface area contributed by atoms with E-state index in [2.05, 4.69) is 17.2 Å². The molecule has 0 aliphatic carbocycles. The van der Waals surface area contributed by atoms with Gasteiger partial charge in [-0.05, 0) is 48.4 Å². The van der Waals surface area contributed by atoms with E-state index in [1.54, 1.807) is 6.07 Å². The molecule has 3 N–H and O–H groups in total. The number of carbonyl (C=O) groups excluding carboxylic acids is 1. The van der Waals surface area contributed by atoms with Gasteiger partial charge in [-0.2, -0.15) is 0 Å². The highest BCUT2D eigenvalue weighted by molar-refractivity contribution is 6.32. The Bertz CT molecular complexity index is 695. The van der Waals surface area contributed by atoms with Gasteiger partial charge in [-0.1, -0.05) is 11.8 Å². The molecule has 0 atom stereocenters. The molecule has 0 aliphatic rings. The van der Waals surface area contributed by atoms with Crippen molar-refractivity contribution in [2.45, 2.75) is 6.92 Å². The second-order valence-corrected chi connectivity index (χ2v) is 4.44. The van der Waals surface area contributed by atoms with Gasteiger partial charge in [0, 0.05) is 11.3 Å². The maximum absolute atomic E-state index is 12.0. The van der Waals surface area contributed by atoms with Gasteiger partial charge < -0.3 is 15.5 Å². The molecule has 1 aromatic carbocycles. The van der Waals surface area contributed by atoms with Crippen molar-refractivity contribution >= 4 is 23.2 Å². The number of furan rings is 1. The molecule has 0 bridgehead atoms. The van der Waals surface area contributed by atoms with E-state index in [1.807, 2.05) is 19.1 Å². The van der Waals surface area contributed by atoms with Crippen molar-refractivity contribution in [1.82, 2.24) is 0 Å². The average Bonchev–Trinajstić information content (AvgIpc) is 2.84. The first kappa shape index (κ1) is 14.2. The molecule has 0 saturated carbocycles. The second kappa shape index (κ2) is 6.29. The van der Waals surface area contributed by atoms with Gasteiger partial charge in [0.2, 0.25) is 5.22 Å². The van der Waals surface area contributed by atoms with E-state index in [0.29, 0.717) is 17.8 Å². The van der Waals surface area contributed by atoms with E-state index in [0.717, 1.165) is 11.1 Å². The van der Waals surface area contributed by atoms with Gasteiger partial charge in [-0.3, -0.25) is 4.79 Å². The molecule has 102 valence electrons. The van der Waals surface area contributed by atoms with Crippen molar-refractivity contribution in [2.75, 3.05) is 11.9 Å². The molecular formula is C15H13ClN2O2. The Morgan fingerprint density at radius 1 is 1.45 bits per heavy atom. The van der Waals surface area contributed by atoms with Crippen LogP contribution in [0, 0.1) is 18.8 Å². The first-order chi connectivity index (χ1) is 9.61. The molecule has 0 spiro atoms.